The first-order chi connectivity index (χ1) is 12.3. The van der Waals surface area contributed by atoms with Gasteiger partial charge in [0.05, 0.1) is 19.1 Å². The predicted octanol–water partition coefficient (Wildman–Crippen LogP) is 3.12. The van der Waals surface area contributed by atoms with E-state index < -0.39 is 10.0 Å². The molecule has 0 aromatic heterocycles. The van der Waals surface area contributed by atoms with Crippen LogP contribution in [0, 0.1) is 0 Å². The maximum atomic E-state index is 13.0. The van der Waals surface area contributed by atoms with Gasteiger partial charge in [-0.25, -0.2) is 8.42 Å². The van der Waals surface area contributed by atoms with E-state index in [4.69, 9.17) is 9.47 Å². The zero-order chi connectivity index (χ0) is 19.3. The highest BCUT2D eigenvalue weighted by Crippen LogP contribution is 2.29. The van der Waals surface area contributed by atoms with E-state index in [2.05, 4.69) is 0 Å². The number of Topliss-reactive ketones (excluding diaryl/α,β-unsaturated/α-hetero) is 1. The predicted molar refractivity (Wildman–Crippen MR) is 99.3 cm³/mol. The smallest absolute Gasteiger partial charge is 0.243 e. The summed E-state index contributed by atoms with van der Waals surface area (Å²) in [4.78, 5) is 11.7. The minimum absolute atomic E-state index is 0.104. The van der Waals surface area contributed by atoms with Gasteiger partial charge in [0.15, 0.2) is 17.3 Å². The van der Waals surface area contributed by atoms with Crippen molar-refractivity contribution in [1.29, 1.82) is 0 Å². The van der Waals surface area contributed by atoms with Crippen molar-refractivity contribution in [3.8, 4) is 11.5 Å². The Morgan fingerprint density at radius 2 is 1.73 bits per heavy atom. The van der Waals surface area contributed by atoms with Gasteiger partial charge in [0.1, 0.15) is 0 Å². The Balaban J connectivity index is 2.35. The van der Waals surface area contributed by atoms with E-state index >= 15 is 0 Å². The minimum atomic E-state index is -3.73. The summed E-state index contributed by atoms with van der Waals surface area (Å²) >= 11 is 0. The summed E-state index contributed by atoms with van der Waals surface area (Å²) in [7, 11) is -0.657. The molecule has 140 valence electrons. The molecule has 0 spiro atoms. The molecule has 0 aliphatic carbocycles. The Hall–Kier alpha value is -2.38. The first kappa shape index (κ1) is 19.9. The molecule has 2 aromatic carbocycles. The Morgan fingerprint density at radius 3 is 2.31 bits per heavy atom. The summed E-state index contributed by atoms with van der Waals surface area (Å²) in [5.74, 6) is 0.943. The van der Waals surface area contributed by atoms with Gasteiger partial charge in [-0.3, -0.25) is 4.79 Å². The second-order valence-corrected chi connectivity index (χ2v) is 7.64. The van der Waals surface area contributed by atoms with Crippen LogP contribution < -0.4 is 9.47 Å². The molecule has 0 aliphatic rings. The van der Waals surface area contributed by atoms with Gasteiger partial charge in [0.25, 0.3) is 0 Å². The zero-order valence-electron chi connectivity index (χ0n) is 15.4. The van der Waals surface area contributed by atoms with Crippen molar-refractivity contribution in [2.24, 2.45) is 0 Å². The van der Waals surface area contributed by atoms with Gasteiger partial charge in [0, 0.05) is 18.7 Å². The summed E-state index contributed by atoms with van der Waals surface area (Å²) in [5, 5.41) is 0. The Labute approximate surface area is 154 Å². The highest BCUT2D eigenvalue weighted by molar-refractivity contribution is 7.89. The van der Waals surface area contributed by atoms with E-state index in [1.165, 1.54) is 30.5 Å². The lowest BCUT2D eigenvalue weighted by Crippen LogP contribution is -2.30. The van der Waals surface area contributed by atoms with Crippen molar-refractivity contribution in [3.63, 3.8) is 0 Å². The summed E-state index contributed by atoms with van der Waals surface area (Å²) in [6.07, 6.45) is 0. The highest BCUT2D eigenvalue weighted by atomic mass is 32.2. The normalized spacial score (nSPS) is 11.4. The molecular formula is C19H23NO5S. The summed E-state index contributed by atoms with van der Waals surface area (Å²) in [6.45, 7) is 3.66. The number of sulfonamides is 1. The molecule has 0 saturated heterocycles. The molecule has 0 fully saturated rings. The third-order valence-corrected chi connectivity index (χ3v) is 5.95. The molecule has 0 heterocycles. The van der Waals surface area contributed by atoms with Crippen molar-refractivity contribution in [1.82, 2.24) is 4.31 Å². The first-order valence-electron chi connectivity index (χ1n) is 8.15. The summed E-state index contributed by atoms with van der Waals surface area (Å²) in [5.41, 5.74) is 1.14. The van der Waals surface area contributed by atoms with Crippen LogP contribution in [0.15, 0.2) is 47.4 Å². The van der Waals surface area contributed by atoms with Crippen LogP contribution in [0.3, 0.4) is 0 Å². The number of carbonyl (C=O) groups excluding carboxylic acids is 1. The lowest BCUT2D eigenvalue weighted by atomic mass is 10.2. The van der Waals surface area contributed by atoms with Gasteiger partial charge in [-0.15, -0.1) is 0 Å². The molecular weight excluding hydrogens is 354 g/mol. The molecule has 0 saturated carbocycles. The molecule has 0 N–H and O–H groups in total. The van der Waals surface area contributed by atoms with E-state index in [9.17, 15) is 13.2 Å². The lowest BCUT2D eigenvalue weighted by molar-refractivity contribution is 0.101. The van der Waals surface area contributed by atoms with Crippen molar-refractivity contribution < 1.29 is 22.7 Å². The van der Waals surface area contributed by atoms with Gasteiger partial charge in [-0.2, -0.15) is 4.31 Å². The van der Waals surface area contributed by atoms with Crippen LogP contribution in [0.4, 0.5) is 0 Å². The molecule has 0 unspecified atom stereocenters. The van der Waals surface area contributed by atoms with Crippen LogP contribution in [-0.2, 0) is 16.6 Å². The Bertz CT molecular complexity index is 893. The fourth-order valence-corrected chi connectivity index (χ4v) is 4.06. The van der Waals surface area contributed by atoms with Gasteiger partial charge in [-0.05, 0) is 36.8 Å². The van der Waals surface area contributed by atoms with Gasteiger partial charge in [0.2, 0.25) is 10.0 Å². The standard InChI is InChI=1S/C19H23NO5S/c1-5-20(13-15-9-10-18(24-3)19(11-15)25-4)26(22,23)17-8-6-7-16(12-17)14(2)21/h6-12H,5,13H2,1-4H3. The average Bonchev–Trinajstić information content (AvgIpc) is 2.65. The number of nitrogens with zero attached hydrogens (tertiary/aromatic N) is 1. The topological polar surface area (TPSA) is 72.9 Å². The van der Waals surface area contributed by atoms with E-state index in [1.54, 1.807) is 44.4 Å². The maximum Gasteiger partial charge on any atom is 0.243 e. The quantitative estimate of drug-likeness (QED) is 0.661. The van der Waals surface area contributed by atoms with Crippen LogP contribution >= 0.6 is 0 Å². The lowest BCUT2D eigenvalue weighted by Gasteiger charge is -2.21. The van der Waals surface area contributed by atoms with Crippen LogP contribution in [-0.4, -0.2) is 39.3 Å². The van der Waals surface area contributed by atoms with Crippen LogP contribution in [0.1, 0.15) is 29.8 Å². The van der Waals surface area contributed by atoms with E-state index in [0.717, 1.165) is 5.56 Å². The molecule has 0 radical (unpaired) electrons. The van der Waals surface area contributed by atoms with E-state index in [1.807, 2.05) is 0 Å². The molecule has 0 bridgehead atoms. The highest BCUT2D eigenvalue weighted by Gasteiger charge is 2.24. The molecule has 6 nitrogen and oxygen atoms in total. The number of hydrogen-bond donors (Lipinski definition) is 0. The molecule has 0 atom stereocenters. The molecule has 0 aliphatic heterocycles. The molecule has 26 heavy (non-hydrogen) atoms. The Kier molecular flexibility index (Phi) is 6.39. The molecule has 0 amide bonds. The summed E-state index contributed by atoms with van der Waals surface area (Å²) in [6, 6.07) is 11.4. The molecule has 2 rings (SSSR count). The van der Waals surface area contributed by atoms with Crippen LogP contribution in [0.5, 0.6) is 11.5 Å². The number of ketones is 1. The molecule has 2 aromatic rings. The number of benzene rings is 2. The van der Waals surface area contributed by atoms with E-state index in [-0.39, 0.29) is 17.2 Å². The number of rotatable bonds is 8. The maximum absolute atomic E-state index is 13.0. The number of hydrogen-bond acceptors (Lipinski definition) is 5. The van der Waals surface area contributed by atoms with E-state index in [0.29, 0.717) is 23.6 Å². The number of methoxy groups -OCH3 is 2. The SMILES string of the molecule is CCN(Cc1ccc(OC)c(OC)c1)S(=O)(=O)c1cccc(C(C)=O)c1. The summed E-state index contributed by atoms with van der Waals surface area (Å²) < 4.78 is 37.8. The fraction of sp³-hybridized carbons (Fsp3) is 0.316. The minimum Gasteiger partial charge on any atom is -0.493 e. The first-order valence-corrected chi connectivity index (χ1v) is 9.59. The monoisotopic (exact) mass is 377 g/mol. The second-order valence-electron chi connectivity index (χ2n) is 5.70. The van der Waals surface area contributed by atoms with Crippen LogP contribution in [0.2, 0.25) is 0 Å². The van der Waals surface area contributed by atoms with Gasteiger partial charge in [-0.1, -0.05) is 25.1 Å². The largest absolute Gasteiger partial charge is 0.493 e. The molecule has 7 heteroatoms. The number of carbonyl (C=O) groups is 1. The average molecular weight is 377 g/mol. The van der Waals surface area contributed by atoms with Crippen LogP contribution in [0.25, 0.3) is 0 Å². The number of ether oxygens (including phenoxy) is 2. The third kappa shape index (κ3) is 4.23. The third-order valence-electron chi connectivity index (χ3n) is 4.04. The van der Waals surface area contributed by atoms with Gasteiger partial charge >= 0.3 is 0 Å². The fourth-order valence-electron chi connectivity index (χ4n) is 2.57. The van der Waals surface area contributed by atoms with Gasteiger partial charge < -0.3 is 9.47 Å². The van der Waals surface area contributed by atoms with Crippen molar-refractivity contribution in [2.75, 3.05) is 20.8 Å². The zero-order valence-corrected chi connectivity index (χ0v) is 16.2. The van der Waals surface area contributed by atoms with Crippen molar-refractivity contribution in [2.45, 2.75) is 25.3 Å². The second kappa shape index (κ2) is 8.33. The van der Waals surface area contributed by atoms with Crippen molar-refractivity contribution >= 4 is 15.8 Å². The Morgan fingerprint density at radius 1 is 1.04 bits per heavy atom. The van der Waals surface area contributed by atoms with Crippen molar-refractivity contribution in [3.05, 3.63) is 53.6 Å².